The molecule has 0 aliphatic rings. The molecule has 0 aromatic heterocycles. The van der Waals surface area contributed by atoms with Gasteiger partial charge in [0, 0.05) is 0 Å². The SMILES string of the molecule is CCOC(=O)C(/C=N/O)=N\Nc1ccc(C#N)cc1. The highest BCUT2D eigenvalue weighted by molar-refractivity contribution is 6.59. The van der Waals surface area contributed by atoms with Crippen molar-refractivity contribution in [2.45, 2.75) is 6.92 Å². The third kappa shape index (κ3) is 4.47. The lowest BCUT2D eigenvalue weighted by Crippen LogP contribution is -2.20. The summed E-state index contributed by atoms with van der Waals surface area (Å²) in [6.07, 6.45) is 0.870. The molecule has 0 heterocycles. The number of carbonyl (C=O) groups is 1. The van der Waals surface area contributed by atoms with E-state index in [9.17, 15) is 4.79 Å². The van der Waals surface area contributed by atoms with Crippen LogP contribution in [-0.4, -0.2) is 29.7 Å². The van der Waals surface area contributed by atoms with Crippen LogP contribution >= 0.6 is 0 Å². The number of nitrogens with one attached hydrogen (secondary N) is 1. The number of carbonyl (C=O) groups excluding carboxylic acids is 1. The van der Waals surface area contributed by atoms with Gasteiger partial charge in [-0.2, -0.15) is 10.4 Å². The predicted octanol–water partition coefficient (Wildman–Crippen LogP) is 1.35. The number of nitrogens with zero attached hydrogens (tertiary/aromatic N) is 3. The van der Waals surface area contributed by atoms with E-state index >= 15 is 0 Å². The number of ether oxygens (including phenoxy) is 1. The fourth-order valence-corrected chi connectivity index (χ4v) is 1.13. The molecule has 98 valence electrons. The molecule has 0 unspecified atom stereocenters. The van der Waals surface area contributed by atoms with Crippen LogP contribution in [0.25, 0.3) is 0 Å². The largest absolute Gasteiger partial charge is 0.461 e. The zero-order valence-corrected chi connectivity index (χ0v) is 10.2. The molecular weight excluding hydrogens is 248 g/mol. The summed E-state index contributed by atoms with van der Waals surface area (Å²) in [5.41, 5.74) is 3.51. The van der Waals surface area contributed by atoms with Gasteiger partial charge < -0.3 is 9.94 Å². The summed E-state index contributed by atoms with van der Waals surface area (Å²) in [5, 5.41) is 23.6. The molecule has 1 aromatic carbocycles. The minimum Gasteiger partial charge on any atom is -0.461 e. The van der Waals surface area contributed by atoms with Gasteiger partial charge in [0.1, 0.15) is 6.21 Å². The smallest absolute Gasteiger partial charge is 0.360 e. The number of hydrogen-bond acceptors (Lipinski definition) is 7. The Labute approximate surface area is 109 Å². The van der Waals surface area contributed by atoms with Gasteiger partial charge in [-0.25, -0.2) is 4.79 Å². The topological polar surface area (TPSA) is 107 Å². The van der Waals surface area contributed by atoms with Gasteiger partial charge >= 0.3 is 5.97 Å². The summed E-state index contributed by atoms with van der Waals surface area (Å²) in [5.74, 6) is -0.707. The Morgan fingerprint density at radius 1 is 1.53 bits per heavy atom. The quantitative estimate of drug-likeness (QED) is 0.359. The van der Waals surface area contributed by atoms with Crippen LogP contribution in [0.15, 0.2) is 34.5 Å². The normalized spacial score (nSPS) is 11.1. The third-order valence-electron chi connectivity index (χ3n) is 1.98. The zero-order valence-electron chi connectivity index (χ0n) is 10.2. The minimum atomic E-state index is -0.707. The highest BCUT2D eigenvalue weighted by atomic mass is 16.5. The van der Waals surface area contributed by atoms with Crippen LogP contribution in [0.2, 0.25) is 0 Å². The Morgan fingerprint density at radius 2 is 2.21 bits per heavy atom. The first-order valence-electron chi connectivity index (χ1n) is 5.39. The van der Waals surface area contributed by atoms with Gasteiger partial charge in [0.15, 0.2) is 5.71 Å². The molecule has 0 aliphatic heterocycles. The van der Waals surface area contributed by atoms with Crippen LogP contribution in [-0.2, 0) is 9.53 Å². The summed E-state index contributed by atoms with van der Waals surface area (Å²) < 4.78 is 4.73. The molecule has 19 heavy (non-hydrogen) atoms. The predicted molar refractivity (Wildman–Crippen MR) is 69.1 cm³/mol. The summed E-state index contributed by atoms with van der Waals surface area (Å²) in [4.78, 5) is 11.4. The van der Waals surface area contributed by atoms with E-state index in [1.807, 2.05) is 6.07 Å². The van der Waals surface area contributed by atoms with Crippen LogP contribution in [0.1, 0.15) is 12.5 Å². The molecule has 0 radical (unpaired) electrons. The van der Waals surface area contributed by atoms with Crippen molar-refractivity contribution in [3.8, 4) is 6.07 Å². The van der Waals surface area contributed by atoms with Crippen molar-refractivity contribution >= 4 is 23.6 Å². The molecule has 0 amide bonds. The van der Waals surface area contributed by atoms with Crippen LogP contribution in [0, 0.1) is 11.3 Å². The second kappa shape index (κ2) is 7.45. The van der Waals surface area contributed by atoms with E-state index < -0.39 is 5.97 Å². The lowest BCUT2D eigenvalue weighted by atomic mass is 10.2. The Kier molecular flexibility index (Phi) is 5.56. The number of nitriles is 1. The number of benzene rings is 1. The molecule has 1 aromatic rings. The van der Waals surface area contributed by atoms with Crippen molar-refractivity contribution in [2.75, 3.05) is 12.0 Å². The molecule has 2 N–H and O–H groups in total. The summed E-state index contributed by atoms with van der Waals surface area (Å²) in [6, 6.07) is 8.43. The summed E-state index contributed by atoms with van der Waals surface area (Å²) in [7, 11) is 0. The van der Waals surface area contributed by atoms with E-state index in [0.717, 1.165) is 6.21 Å². The van der Waals surface area contributed by atoms with Crippen LogP contribution in [0.5, 0.6) is 0 Å². The lowest BCUT2D eigenvalue weighted by molar-refractivity contribution is -0.134. The maximum Gasteiger partial charge on any atom is 0.360 e. The standard InChI is InChI=1S/C12H12N4O3/c1-2-19-12(17)11(8-14-18)16-15-10-5-3-9(7-13)4-6-10/h3-6,8,15,18H,2H2,1H3/b14-8+,16-11-. The van der Waals surface area contributed by atoms with E-state index in [1.54, 1.807) is 31.2 Å². The average molecular weight is 260 g/mol. The Bertz CT molecular complexity index is 529. The lowest BCUT2D eigenvalue weighted by Gasteiger charge is -2.03. The van der Waals surface area contributed by atoms with Crippen molar-refractivity contribution < 1.29 is 14.7 Å². The fraction of sp³-hybridized carbons (Fsp3) is 0.167. The van der Waals surface area contributed by atoms with Gasteiger partial charge in [0.05, 0.1) is 23.9 Å². The number of hydrogen-bond donors (Lipinski definition) is 2. The molecular formula is C12H12N4O3. The first-order valence-corrected chi connectivity index (χ1v) is 5.39. The van der Waals surface area contributed by atoms with Gasteiger partial charge in [-0.05, 0) is 31.2 Å². The highest BCUT2D eigenvalue weighted by Crippen LogP contribution is 2.08. The maximum absolute atomic E-state index is 11.4. The number of esters is 1. The third-order valence-corrected chi connectivity index (χ3v) is 1.98. The van der Waals surface area contributed by atoms with Crippen molar-refractivity contribution in [2.24, 2.45) is 10.3 Å². The van der Waals surface area contributed by atoms with Crippen molar-refractivity contribution in [1.29, 1.82) is 5.26 Å². The summed E-state index contributed by atoms with van der Waals surface area (Å²) in [6.45, 7) is 1.84. The van der Waals surface area contributed by atoms with E-state index in [0.29, 0.717) is 11.3 Å². The molecule has 0 atom stereocenters. The zero-order chi connectivity index (χ0) is 14.1. The molecule has 0 spiro atoms. The van der Waals surface area contributed by atoms with Crippen LogP contribution in [0.3, 0.4) is 0 Å². The first kappa shape index (κ1) is 14.2. The number of hydrazone groups is 1. The molecule has 7 heteroatoms. The average Bonchev–Trinajstić information content (AvgIpc) is 2.44. The van der Waals surface area contributed by atoms with Gasteiger partial charge in [-0.3, -0.25) is 5.43 Å². The fourth-order valence-electron chi connectivity index (χ4n) is 1.13. The van der Waals surface area contributed by atoms with E-state index in [4.69, 9.17) is 15.2 Å². The second-order valence-electron chi connectivity index (χ2n) is 3.26. The van der Waals surface area contributed by atoms with Crippen molar-refractivity contribution in [3.63, 3.8) is 0 Å². The van der Waals surface area contributed by atoms with Crippen LogP contribution < -0.4 is 5.43 Å². The van der Waals surface area contributed by atoms with Crippen molar-refractivity contribution in [1.82, 2.24) is 0 Å². The van der Waals surface area contributed by atoms with Gasteiger partial charge in [-0.1, -0.05) is 5.16 Å². The molecule has 0 saturated heterocycles. The molecule has 0 fully saturated rings. The van der Waals surface area contributed by atoms with Crippen molar-refractivity contribution in [3.05, 3.63) is 29.8 Å². The molecule has 0 saturated carbocycles. The maximum atomic E-state index is 11.4. The summed E-state index contributed by atoms with van der Waals surface area (Å²) >= 11 is 0. The highest BCUT2D eigenvalue weighted by Gasteiger charge is 2.10. The Hall–Kier alpha value is -2.88. The first-order chi connectivity index (χ1) is 9.21. The van der Waals surface area contributed by atoms with Gasteiger partial charge in [0.2, 0.25) is 0 Å². The minimum absolute atomic E-state index is 0.172. The van der Waals surface area contributed by atoms with E-state index in [-0.39, 0.29) is 12.3 Å². The Balaban J connectivity index is 2.80. The Morgan fingerprint density at radius 3 is 2.74 bits per heavy atom. The number of rotatable bonds is 5. The second-order valence-corrected chi connectivity index (χ2v) is 3.26. The van der Waals surface area contributed by atoms with E-state index in [2.05, 4.69) is 15.7 Å². The molecule has 1 rings (SSSR count). The van der Waals surface area contributed by atoms with Gasteiger partial charge in [-0.15, -0.1) is 0 Å². The van der Waals surface area contributed by atoms with Crippen LogP contribution in [0.4, 0.5) is 5.69 Å². The number of oxime groups is 1. The number of anilines is 1. The van der Waals surface area contributed by atoms with Gasteiger partial charge in [0.25, 0.3) is 0 Å². The molecule has 7 nitrogen and oxygen atoms in total. The molecule has 0 bridgehead atoms. The monoisotopic (exact) mass is 260 g/mol. The van der Waals surface area contributed by atoms with E-state index in [1.165, 1.54) is 0 Å². The molecule has 0 aliphatic carbocycles.